The number of carbonyl (C=O) groups is 2. The van der Waals surface area contributed by atoms with Crippen LogP contribution in [0.2, 0.25) is 0 Å². The molecule has 1 aliphatic rings. The van der Waals surface area contributed by atoms with E-state index < -0.39 is 30.9 Å². The third kappa shape index (κ3) is 5.48. The van der Waals surface area contributed by atoms with E-state index in [-0.39, 0.29) is 18.4 Å². The van der Waals surface area contributed by atoms with Gasteiger partial charge in [-0.15, -0.1) is 0 Å². The van der Waals surface area contributed by atoms with Crippen LogP contribution in [-0.4, -0.2) is 29.7 Å². The lowest BCUT2D eigenvalue weighted by Crippen LogP contribution is -2.34. The minimum atomic E-state index is -4.55. The second-order valence-corrected chi connectivity index (χ2v) is 5.04. The number of aliphatic carboxylic acids is 1. The quantitative estimate of drug-likeness (QED) is 0.751. The Hall–Kier alpha value is -1.27. The number of nitrogens with one attached hydrogen (secondary N) is 1. The Morgan fingerprint density at radius 3 is 2.37 bits per heavy atom. The Morgan fingerprint density at radius 1 is 1.37 bits per heavy atom. The molecule has 0 radical (unpaired) electrons. The van der Waals surface area contributed by atoms with Gasteiger partial charge in [0.05, 0.1) is 12.3 Å². The first-order chi connectivity index (χ1) is 8.71. The fourth-order valence-corrected chi connectivity index (χ4v) is 1.93. The van der Waals surface area contributed by atoms with Crippen LogP contribution in [0.15, 0.2) is 0 Å². The van der Waals surface area contributed by atoms with Crippen LogP contribution in [-0.2, 0) is 9.59 Å². The minimum absolute atomic E-state index is 0.145. The van der Waals surface area contributed by atoms with E-state index in [4.69, 9.17) is 5.11 Å². The standard InChI is InChI=1S/C12H18F3NO3/c1-7(8-2-3-8)11(19)16-5-4-9(6-10(17)18)12(13,14)15/h7-9H,2-6H2,1H3,(H,16,19)(H,17,18). The Kier molecular flexibility index (Phi) is 5.20. The maximum absolute atomic E-state index is 12.5. The summed E-state index contributed by atoms with van der Waals surface area (Å²) >= 11 is 0. The molecule has 0 aromatic carbocycles. The van der Waals surface area contributed by atoms with Crippen molar-refractivity contribution in [3.8, 4) is 0 Å². The van der Waals surface area contributed by atoms with E-state index in [9.17, 15) is 22.8 Å². The van der Waals surface area contributed by atoms with Gasteiger partial charge >= 0.3 is 12.1 Å². The van der Waals surface area contributed by atoms with Gasteiger partial charge in [0.15, 0.2) is 0 Å². The average Bonchev–Trinajstić information content (AvgIpc) is 3.08. The average molecular weight is 281 g/mol. The van der Waals surface area contributed by atoms with Crippen molar-refractivity contribution in [1.82, 2.24) is 5.32 Å². The van der Waals surface area contributed by atoms with Gasteiger partial charge in [0.1, 0.15) is 0 Å². The van der Waals surface area contributed by atoms with Gasteiger partial charge in [-0.1, -0.05) is 6.92 Å². The van der Waals surface area contributed by atoms with Crippen molar-refractivity contribution in [3.05, 3.63) is 0 Å². The summed E-state index contributed by atoms with van der Waals surface area (Å²) in [7, 11) is 0. The van der Waals surface area contributed by atoms with Crippen molar-refractivity contribution in [1.29, 1.82) is 0 Å². The topological polar surface area (TPSA) is 66.4 Å². The molecule has 0 heterocycles. The van der Waals surface area contributed by atoms with E-state index in [1.54, 1.807) is 6.92 Å². The molecule has 1 rings (SSSR count). The van der Waals surface area contributed by atoms with Crippen molar-refractivity contribution in [2.24, 2.45) is 17.8 Å². The van der Waals surface area contributed by atoms with Crippen molar-refractivity contribution < 1.29 is 27.9 Å². The second kappa shape index (κ2) is 6.25. The van der Waals surface area contributed by atoms with Crippen molar-refractivity contribution in [2.75, 3.05) is 6.54 Å². The molecule has 2 unspecified atom stereocenters. The normalized spacial score (nSPS) is 18.7. The fraction of sp³-hybridized carbons (Fsp3) is 0.833. The van der Waals surface area contributed by atoms with Gasteiger partial charge in [-0.3, -0.25) is 9.59 Å². The number of rotatable bonds is 7. The summed E-state index contributed by atoms with van der Waals surface area (Å²) in [5.41, 5.74) is 0. The van der Waals surface area contributed by atoms with E-state index >= 15 is 0 Å². The number of halogens is 3. The summed E-state index contributed by atoms with van der Waals surface area (Å²) in [5.74, 6) is -3.48. The lowest BCUT2D eigenvalue weighted by Gasteiger charge is -2.19. The highest BCUT2D eigenvalue weighted by molar-refractivity contribution is 5.78. The molecule has 19 heavy (non-hydrogen) atoms. The molecule has 4 nitrogen and oxygen atoms in total. The third-order valence-corrected chi connectivity index (χ3v) is 3.42. The van der Waals surface area contributed by atoms with Crippen LogP contribution in [0.4, 0.5) is 13.2 Å². The molecule has 7 heteroatoms. The third-order valence-electron chi connectivity index (χ3n) is 3.42. The molecular weight excluding hydrogens is 263 g/mol. The SMILES string of the molecule is CC(C(=O)NCCC(CC(=O)O)C(F)(F)F)C1CC1. The molecule has 0 saturated heterocycles. The highest BCUT2D eigenvalue weighted by Crippen LogP contribution is 2.36. The predicted octanol–water partition coefficient (Wildman–Crippen LogP) is 2.19. The molecule has 0 bridgehead atoms. The highest BCUT2D eigenvalue weighted by Gasteiger charge is 2.40. The van der Waals surface area contributed by atoms with Crippen molar-refractivity contribution >= 4 is 11.9 Å². The summed E-state index contributed by atoms with van der Waals surface area (Å²) in [6.45, 7) is 1.61. The summed E-state index contributed by atoms with van der Waals surface area (Å²) in [6, 6.07) is 0. The molecule has 0 spiro atoms. The van der Waals surface area contributed by atoms with Gasteiger partial charge < -0.3 is 10.4 Å². The van der Waals surface area contributed by atoms with Crippen LogP contribution >= 0.6 is 0 Å². The first-order valence-electron chi connectivity index (χ1n) is 6.28. The van der Waals surface area contributed by atoms with Gasteiger partial charge in [0, 0.05) is 12.5 Å². The highest BCUT2D eigenvalue weighted by atomic mass is 19.4. The van der Waals surface area contributed by atoms with Crippen LogP contribution in [0.1, 0.15) is 32.6 Å². The molecule has 0 aliphatic heterocycles. The maximum Gasteiger partial charge on any atom is 0.392 e. The summed E-state index contributed by atoms with van der Waals surface area (Å²) < 4.78 is 37.6. The second-order valence-electron chi connectivity index (χ2n) is 5.04. The van der Waals surface area contributed by atoms with Crippen molar-refractivity contribution in [3.63, 3.8) is 0 Å². The zero-order valence-corrected chi connectivity index (χ0v) is 10.7. The van der Waals surface area contributed by atoms with Crippen LogP contribution in [0.3, 0.4) is 0 Å². The number of carboxylic acids is 1. The zero-order valence-electron chi connectivity index (χ0n) is 10.7. The van der Waals surface area contributed by atoms with E-state index in [2.05, 4.69) is 5.32 Å². The van der Waals surface area contributed by atoms with E-state index in [0.717, 1.165) is 12.8 Å². The molecular formula is C12H18F3NO3. The van der Waals surface area contributed by atoms with Gasteiger partial charge in [-0.25, -0.2) is 0 Å². The van der Waals surface area contributed by atoms with Crippen LogP contribution in [0, 0.1) is 17.8 Å². The van der Waals surface area contributed by atoms with Gasteiger partial charge in [0.25, 0.3) is 0 Å². The first-order valence-corrected chi connectivity index (χ1v) is 6.28. The molecule has 0 aromatic heterocycles. The van der Waals surface area contributed by atoms with Crippen LogP contribution < -0.4 is 5.32 Å². The fourth-order valence-electron chi connectivity index (χ4n) is 1.93. The summed E-state index contributed by atoms with van der Waals surface area (Å²) in [6.07, 6.45) is -3.95. The molecule has 1 fully saturated rings. The van der Waals surface area contributed by atoms with E-state index in [1.807, 2.05) is 0 Å². The largest absolute Gasteiger partial charge is 0.481 e. The first kappa shape index (κ1) is 15.8. The molecule has 0 aromatic rings. The predicted molar refractivity (Wildman–Crippen MR) is 61.3 cm³/mol. The number of hydrogen-bond acceptors (Lipinski definition) is 2. The molecule has 110 valence electrons. The summed E-state index contributed by atoms with van der Waals surface area (Å²) in [5, 5.41) is 10.9. The van der Waals surface area contributed by atoms with Crippen LogP contribution in [0.25, 0.3) is 0 Å². The lowest BCUT2D eigenvalue weighted by atomic mass is 10.0. The Bertz CT molecular complexity index is 340. The number of amides is 1. The molecule has 1 amide bonds. The lowest BCUT2D eigenvalue weighted by molar-refractivity contribution is -0.184. The smallest absolute Gasteiger partial charge is 0.392 e. The van der Waals surface area contributed by atoms with Gasteiger partial charge in [0.2, 0.25) is 5.91 Å². The minimum Gasteiger partial charge on any atom is -0.481 e. The molecule has 2 atom stereocenters. The number of hydrogen-bond donors (Lipinski definition) is 2. The Balaban J connectivity index is 2.35. The molecule has 1 aliphatic carbocycles. The zero-order chi connectivity index (χ0) is 14.6. The van der Waals surface area contributed by atoms with Crippen LogP contribution in [0.5, 0.6) is 0 Å². The maximum atomic E-state index is 12.5. The number of carboxylic acid groups (broad SMARTS) is 1. The van der Waals surface area contributed by atoms with Crippen molar-refractivity contribution in [2.45, 2.75) is 38.8 Å². The van der Waals surface area contributed by atoms with E-state index in [1.165, 1.54) is 0 Å². The number of carbonyl (C=O) groups excluding carboxylic acids is 1. The molecule has 2 N–H and O–H groups in total. The van der Waals surface area contributed by atoms with E-state index in [0.29, 0.717) is 5.92 Å². The monoisotopic (exact) mass is 281 g/mol. The Labute approximate surface area is 109 Å². The Morgan fingerprint density at radius 2 is 1.95 bits per heavy atom. The van der Waals surface area contributed by atoms with Gasteiger partial charge in [-0.2, -0.15) is 13.2 Å². The summed E-state index contributed by atoms with van der Waals surface area (Å²) in [4.78, 5) is 21.9. The molecule has 1 saturated carbocycles. The van der Waals surface area contributed by atoms with Gasteiger partial charge in [-0.05, 0) is 25.2 Å². The number of alkyl halides is 3.